The number of aliphatic hydroxyl groups is 1. The topological polar surface area (TPSA) is 119 Å². The van der Waals surface area contributed by atoms with Crippen LogP contribution in [0, 0.1) is 0 Å². The maximum atomic E-state index is 13.1. The van der Waals surface area contributed by atoms with Crippen LogP contribution in [0.4, 0.5) is 0 Å². The van der Waals surface area contributed by atoms with Crippen molar-refractivity contribution in [3.8, 4) is 0 Å². The molecule has 178 valence electrons. The summed E-state index contributed by atoms with van der Waals surface area (Å²) in [5.74, 6) is -0.354. The van der Waals surface area contributed by atoms with Crippen molar-refractivity contribution in [2.24, 2.45) is 5.73 Å². The van der Waals surface area contributed by atoms with Gasteiger partial charge in [0.1, 0.15) is 0 Å². The van der Waals surface area contributed by atoms with E-state index in [0.717, 1.165) is 10.1 Å². The van der Waals surface area contributed by atoms with Crippen molar-refractivity contribution >= 4 is 28.5 Å². The van der Waals surface area contributed by atoms with E-state index in [1.165, 1.54) is 28.2 Å². The molecule has 0 atom stereocenters. The van der Waals surface area contributed by atoms with E-state index in [0.29, 0.717) is 34.5 Å². The number of rotatable bonds is 10. The summed E-state index contributed by atoms with van der Waals surface area (Å²) in [7, 11) is 0. The Morgan fingerprint density at radius 3 is 2.62 bits per heavy atom. The molecule has 2 heterocycles. The quantitative estimate of drug-likeness (QED) is 0.382. The van der Waals surface area contributed by atoms with E-state index in [1.54, 1.807) is 18.4 Å². The van der Waals surface area contributed by atoms with Gasteiger partial charge in [-0.25, -0.2) is 4.79 Å². The van der Waals surface area contributed by atoms with E-state index in [-0.39, 0.29) is 31.3 Å². The normalized spacial score (nSPS) is 11.4. The SMILES string of the molecule is C=C(N)c1c(Cn2c(=O)ccn(CCc3ccccc3)c2=O)csc1/C(=C\C)C(=O)NCCO. The number of benzene rings is 1. The van der Waals surface area contributed by atoms with Gasteiger partial charge >= 0.3 is 5.69 Å². The molecular weight excluding hydrogens is 452 g/mol. The molecule has 2 aromatic heterocycles. The molecule has 34 heavy (non-hydrogen) atoms. The van der Waals surface area contributed by atoms with Gasteiger partial charge in [0.15, 0.2) is 0 Å². The number of nitrogens with zero attached hydrogens (tertiary/aromatic N) is 2. The summed E-state index contributed by atoms with van der Waals surface area (Å²) in [6.45, 7) is 5.94. The van der Waals surface area contributed by atoms with Crippen LogP contribution < -0.4 is 22.3 Å². The molecule has 8 nitrogen and oxygen atoms in total. The lowest BCUT2D eigenvalue weighted by molar-refractivity contribution is -0.115. The monoisotopic (exact) mass is 480 g/mol. The molecule has 0 saturated heterocycles. The van der Waals surface area contributed by atoms with E-state index in [1.807, 2.05) is 30.3 Å². The largest absolute Gasteiger partial charge is 0.399 e. The van der Waals surface area contributed by atoms with E-state index in [2.05, 4.69) is 11.9 Å². The number of aromatic nitrogens is 2. The number of allylic oxidation sites excluding steroid dienone is 1. The van der Waals surface area contributed by atoms with Crippen LogP contribution in [-0.2, 0) is 24.3 Å². The van der Waals surface area contributed by atoms with E-state index >= 15 is 0 Å². The number of carbonyl (C=O) groups is 1. The predicted octanol–water partition coefficient (Wildman–Crippen LogP) is 1.80. The Kier molecular flexibility index (Phi) is 8.39. The molecule has 0 spiro atoms. The highest BCUT2D eigenvalue weighted by Gasteiger charge is 2.21. The predicted molar refractivity (Wildman–Crippen MR) is 135 cm³/mol. The first-order valence-corrected chi connectivity index (χ1v) is 11.7. The van der Waals surface area contributed by atoms with Gasteiger partial charge in [-0.1, -0.05) is 43.0 Å². The Labute approximate surface area is 201 Å². The van der Waals surface area contributed by atoms with Crippen molar-refractivity contribution in [3.05, 3.63) is 103 Å². The number of aliphatic hydroxyl groups excluding tert-OH is 1. The molecule has 0 aliphatic carbocycles. The van der Waals surface area contributed by atoms with Crippen LogP contribution in [0.3, 0.4) is 0 Å². The van der Waals surface area contributed by atoms with Gasteiger partial charge < -0.3 is 20.7 Å². The van der Waals surface area contributed by atoms with Crippen LogP contribution in [0.5, 0.6) is 0 Å². The first-order valence-electron chi connectivity index (χ1n) is 10.8. The lowest BCUT2D eigenvalue weighted by Gasteiger charge is -2.13. The molecule has 1 amide bonds. The summed E-state index contributed by atoms with van der Waals surface area (Å²) < 4.78 is 2.67. The van der Waals surface area contributed by atoms with Crippen molar-refractivity contribution in [1.29, 1.82) is 0 Å². The number of hydrogen-bond donors (Lipinski definition) is 3. The first kappa shape index (κ1) is 24.9. The first-order chi connectivity index (χ1) is 16.4. The second kappa shape index (κ2) is 11.4. The minimum Gasteiger partial charge on any atom is -0.399 e. The highest BCUT2D eigenvalue weighted by Crippen LogP contribution is 2.33. The molecule has 0 saturated carbocycles. The Bertz CT molecular complexity index is 1320. The zero-order chi connectivity index (χ0) is 24.7. The van der Waals surface area contributed by atoms with Crippen molar-refractivity contribution in [2.75, 3.05) is 13.2 Å². The van der Waals surface area contributed by atoms with E-state index in [9.17, 15) is 14.4 Å². The minimum atomic E-state index is -0.422. The highest BCUT2D eigenvalue weighted by atomic mass is 32.1. The van der Waals surface area contributed by atoms with Gasteiger partial charge in [0.05, 0.1) is 18.7 Å². The fourth-order valence-electron chi connectivity index (χ4n) is 3.63. The van der Waals surface area contributed by atoms with Crippen LogP contribution in [0.2, 0.25) is 0 Å². The molecule has 4 N–H and O–H groups in total. The number of nitrogens with one attached hydrogen (secondary N) is 1. The molecule has 0 aliphatic rings. The zero-order valence-electron chi connectivity index (χ0n) is 19.0. The molecule has 9 heteroatoms. The standard InChI is InChI=1S/C25H28N4O4S/c1-3-20(24(32)27-11-14-30)23-22(17(2)26)19(16-34-23)15-29-21(31)10-13-28(25(29)33)12-9-18-7-5-4-6-8-18/h3-8,10,13,16,30H,2,9,11-12,14-15,26H2,1H3,(H,27,32)/b20-3+. The second-order valence-corrected chi connectivity index (χ2v) is 8.50. The lowest BCUT2D eigenvalue weighted by atomic mass is 10.0. The Morgan fingerprint density at radius 1 is 1.24 bits per heavy atom. The fourth-order valence-corrected chi connectivity index (χ4v) is 4.80. The number of nitrogens with two attached hydrogens (primary N) is 1. The third-order valence-corrected chi connectivity index (χ3v) is 6.38. The van der Waals surface area contributed by atoms with Crippen LogP contribution in [0.25, 0.3) is 11.3 Å². The smallest absolute Gasteiger partial charge is 0.331 e. The van der Waals surface area contributed by atoms with Gasteiger partial charge in [0, 0.05) is 41.5 Å². The minimum absolute atomic E-state index is 0.00114. The summed E-state index contributed by atoms with van der Waals surface area (Å²) in [5.41, 5.74) is 8.09. The molecule has 1 aromatic carbocycles. The third kappa shape index (κ3) is 5.62. The fraction of sp³-hybridized carbons (Fsp3) is 0.240. The van der Waals surface area contributed by atoms with Crippen molar-refractivity contribution in [1.82, 2.24) is 14.5 Å². The molecule has 3 aromatic rings. The molecule has 0 unspecified atom stereocenters. The molecular formula is C25H28N4O4S. The highest BCUT2D eigenvalue weighted by molar-refractivity contribution is 7.12. The van der Waals surface area contributed by atoms with Gasteiger partial charge in [0.2, 0.25) is 0 Å². The Morgan fingerprint density at radius 2 is 1.97 bits per heavy atom. The number of amides is 1. The molecule has 0 radical (unpaired) electrons. The van der Waals surface area contributed by atoms with Crippen molar-refractivity contribution in [3.63, 3.8) is 0 Å². The summed E-state index contributed by atoms with van der Waals surface area (Å²) >= 11 is 1.28. The average Bonchev–Trinajstić information content (AvgIpc) is 3.24. The van der Waals surface area contributed by atoms with Crippen LogP contribution in [0.1, 0.15) is 28.5 Å². The van der Waals surface area contributed by atoms with Gasteiger partial charge in [-0.15, -0.1) is 11.3 Å². The summed E-state index contributed by atoms with van der Waals surface area (Å²) in [6, 6.07) is 11.2. The zero-order valence-corrected chi connectivity index (χ0v) is 19.8. The van der Waals surface area contributed by atoms with Crippen LogP contribution in [-0.4, -0.2) is 33.3 Å². The molecule has 0 aliphatic heterocycles. The average molecular weight is 481 g/mol. The van der Waals surface area contributed by atoms with E-state index in [4.69, 9.17) is 10.8 Å². The summed E-state index contributed by atoms with van der Waals surface area (Å²) in [5, 5.41) is 13.4. The summed E-state index contributed by atoms with van der Waals surface area (Å²) in [4.78, 5) is 38.8. The van der Waals surface area contributed by atoms with Gasteiger partial charge in [0.25, 0.3) is 11.5 Å². The number of aryl methyl sites for hydroxylation is 2. The van der Waals surface area contributed by atoms with Gasteiger partial charge in [-0.2, -0.15) is 0 Å². The lowest BCUT2D eigenvalue weighted by Crippen LogP contribution is -2.39. The van der Waals surface area contributed by atoms with Crippen molar-refractivity contribution < 1.29 is 9.90 Å². The second-order valence-electron chi connectivity index (χ2n) is 7.62. The van der Waals surface area contributed by atoms with Crippen molar-refractivity contribution in [2.45, 2.75) is 26.4 Å². The number of hydrogen-bond acceptors (Lipinski definition) is 6. The number of carbonyl (C=O) groups excluding carboxylic acids is 1. The van der Waals surface area contributed by atoms with Gasteiger partial charge in [-0.3, -0.25) is 14.2 Å². The van der Waals surface area contributed by atoms with Crippen LogP contribution >= 0.6 is 11.3 Å². The van der Waals surface area contributed by atoms with Crippen LogP contribution in [0.15, 0.2) is 70.2 Å². The maximum Gasteiger partial charge on any atom is 0.331 e. The summed E-state index contributed by atoms with van der Waals surface area (Å²) in [6.07, 6.45) is 3.81. The Balaban J connectivity index is 1.93. The Hall–Kier alpha value is -3.69. The maximum absolute atomic E-state index is 13.1. The third-order valence-electron chi connectivity index (χ3n) is 5.32. The number of thiophene rings is 1. The molecule has 3 rings (SSSR count). The van der Waals surface area contributed by atoms with Gasteiger partial charge in [-0.05, 0) is 29.9 Å². The molecule has 0 fully saturated rings. The van der Waals surface area contributed by atoms with E-state index < -0.39 is 11.2 Å². The molecule has 0 bridgehead atoms.